The molecule has 0 amide bonds. The topological polar surface area (TPSA) is 12.0 Å². The Labute approximate surface area is 111 Å². The van der Waals surface area contributed by atoms with Crippen molar-refractivity contribution < 1.29 is 0 Å². The SMILES string of the molecule is CC1(CNCC2CCCc3ccccc32)CCC1. The second-order valence-corrected chi connectivity index (χ2v) is 6.58. The van der Waals surface area contributed by atoms with Crippen LogP contribution in [0, 0.1) is 5.41 Å². The highest BCUT2D eigenvalue weighted by Gasteiger charge is 2.31. The highest BCUT2D eigenvalue weighted by Crippen LogP contribution is 2.39. The third-order valence-corrected chi connectivity index (χ3v) is 5.00. The van der Waals surface area contributed by atoms with Crippen LogP contribution in [0.1, 0.15) is 56.1 Å². The minimum atomic E-state index is 0.605. The van der Waals surface area contributed by atoms with E-state index in [1.165, 1.54) is 51.6 Å². The quantitative estimate of drug-likeness (QED) is 0.846. The zero-order chi connectivity index (χ0) is 12.4. The highest BCUT2D eigenvalue weighted by molar-refractivity contribution is 5.32. The Morgan fingerprint density at radius 1 is 1.22 bits per heavy atom. The lowest BCUT2D eigenvalue weighted by molar-refractivity contribution is 0.156. The van der Waals surface area contributed by atoms with Gasteiger partial charge < -0.3 is 5.32 Å². The third kappa shape index (κ3) is 2.47. The molecule has 1 unspecified atom stereocenters. The molecule has 1 fully saturated rings. The number of hydrogen-bond acceptors (Lipinski definition) is 1. The first-order chi connectivity index (χ1) is 8.77. The van der Waals surface area contributed by atoms with Gasteiger partial charge in [0, 0.05) is 13.1 Å². The first kappa shape index (κ1) is 12.2. The lowest BCUT2D eigenvalue weighted by Crippen LogP contribution is -2.39. The van der Waals surface area contributed by atoms with Crippen molar-refractivity contribution in [2.24, 2.45) is 5.41 Å². The summed E-state index contributed by atoms with van der Waals surface area (Å²) in [5.74, 6) is 0.749. The molecule has 1 saturated carbocycles. The van der Waals surface area contributed by atoms with Crippen LogP contribution in [0.25, 0.3) is 0 Å². The Morgan fingerprint density at radius 2 is 2.06 bits per heavy atom. The van der Waals surface area contributed by atoms with E-state index in [9.17, 15) is 0 Å². The molecule has 3 rings (SSSR count). The van der Waals surface area contributed by atoms with Gasteiger partial charge in [-0.25, -0.2) is 0 Å². The maximum atomic E-state index is 3.74. The van der Waals surface area contributed by atoms with Crippen LogP contribution >= 0.6 is 0 Å². The molecule has 0 bridgehead atoms. The van der Waals surface area contributed by atoms with Gasteiger partial charge in [-0.3, -0.25) is 0 Å². The molecule has 1 aromatic rings. The number of aryl methyl sites for hydroxylation is 1. The predicted octanol–water partition coefficient (Wildman–Crippen LogP) is 3.89. The van der Waals surface area contributed by atoms with Gasteiger partial charge in [0.25, 0.3) is 0 Å². The Morgan fingerprint density at radius 3 is 2.83 bits per heavy atom. The van der Waals surface area contributed by atoms with E-state index >= 15 is 0 Å². The molecule has 0 radical (unpaired) electrons. The standard InChI is InChI=1S/C17H25N/c1-17(10-5-11-17)13-18-12-15-8-4-7-14-6-2-3-9-16(14)15/h2-3,6,9,15,18H,4-5,7-8,10-13H2,1H3. The van der Waals surface area contributed by atoms with E-state index in [-0.39, 0.29) is 0 Å². The zero-order valence-corrected chi connectivity index (χ0v) is 11.5. The molecule has 18 heavy (non-hydrogen) atoms. The molecular weight excluding hydrogens is 218 g/mol. The van der Waals surface area contributed by atoms with Crippen LogP contribution in [0.5, 0.6) is 0 Å². The minimum Gasteiger partial charge on any atom is -0.316 e. The summed E-state index contributed by atoms with van der Waals surface area (Å²) < 4.78 is 0. The minimum absolute atomic E-state index is 0.605. The molecule has 1 atom stereocenters. The van der Waals surface area contributed by atoms with Crippen LogP contribution in [-0.2, 0) is 6.42 Å². The Bertz CT molecular complexity index is 406. The van der Waals surface area contributed by atoms with Crippen LogP contribution in [0.15, 0.2) is 24.3 Å². The van der Waals surface area contributed by atoms with Crippen molar-refractivity contribution in [3.05, 3.63) is 35.4 Å². The van der Waals surface area contributed by atoms with E-state index in [1.54, 1.807) is 11.1 Å². The van der Waals surface area contributed by atoms with E-state index in [0.717, 1.165) is 5.92 Å². The summed E-state index contributed by atoms with van der Waals surface area (Å²) in [5, 5.41) is 3.74. The fraction of sp³-hybridized carbons (Fsp3) is 0.647. The van der Waals surface area contributed by atoms with Crippen LogP contribution in [0.4, 0.5) is 0 Å². The highest BCUT2D eigenvalue weighted by atomic mass is 14.9. The number of hydrogen-bond donors (Lipinski definition) is 1. The molecule has 0 saturated heterocycles. The van der Waals surface area contributed by atoms with Gasteiger partial charge in [-0.05, 0) is 54.6 Å². The van der Waals surface area contributed by atoms with E-state index < -0.39 is 0 Å². The third-order valence-electron chi connectivity index (χ3n) is 5.00. The first-order valence-electron chi connectivity index (χ1n) is 7.55. The monoisotopic (exact) mass is 243 g/mol. The van der Waals surface area contributed by atoms with Crippen molar-refractivity contribution in [1.29, 1.82) is 0 Å². The first-order valence-corrected chi connectivity index (χ1v) is 7.55. The average Bonchev–Trinajstić information content (AvgIpc) is 2.37. The molecule has 0 aliphatic heterocycles. The summed E-state index contributed by atoms with van der Waals surface area (Å²) in [6.45, 7) is 4.82. The van der Waals surface area contributed by atoms with Crippen LogP contribution < -0.4 is 5.32 Å². The molecule has 0 spiro atoms. The van der Waals surface area contributed by atoms with E-state index in [0.29, 0.717) is 5.41 Å². The lowest BCUT2D eigenvalue weighted by atomic mass is 9.70. The summed E-state index contributed by atoms with van der Waals surface area (Å²) in [5.41, 5.74) is 3.80. The largest absolute Gasteiger partial charge is 0.316 e. The summed E-state index contributed by atoms with van der Waals surface area (Å²) in [6.07, 6.45) is 8.28. The maximum Gasteiger partial charge on any atom is 0.00204 e. The average molecular weight is 243 g/mol. The Hall–Kier alpha value is -0.820. The van der Waals surface area contributed by atoms with Gasteiger partial charge in [0.1, 0.15) is 0 Å². The summed E-state index contributed by atoms with van der Waals surface area (Å²) in [6, 6.07) is 9.04. The summed E-state index contributed by atoms with van der Waals surface area (Å²) in [7, 11) is 0. The molecule has 1 heteroatoms. The molecule has 98 valence electrons. The lowest BCUT2D eigenvalue weighted by Gasteiger charge is -2.39. The normalized spacial score (nSPS) is 25.3. The van der Waals surface area contributed by atoms with E-state index in [4.69, 9.17) is 0 Å². The molecule has 0 aromatic heterocycles. The molecule has 1 aromatic carbocycles. The molecule has 2 aliphatic carbocycles. The predicted molar refractivity (Wildman–Crippen MR) is 76.9 cm³/mol. The number of fused-ring (bicyclic) bond motifs is 1. The van der Waals surface area contributed by atoms with Crippen molar-refractivity contribution >= 4 is 0 Å². The molecule has 1 nitrogen and oxygen atoms in total. The van der Waals surface area contributed by atoms with Crippen molar-refractivity contribution in [2.75, 3.05) is 13.1 Å². The van der Waals surface area contributed by atoms with Gasteiger partial charge in [-0.15, -0.1) is 0 Å². The van der Waals surface area contributed by atoms with Gasteiger partial charge in [-0.1, -0.05) is 37.6 Å². The molecule has 2 aliphatic rings. The summed E-state index contributed by atoms with van der Waals surface area (Å²) >= 11 is 0. The van der Waals surface area contributed by atoms with Crippen molar-refractivity contribution in [3.63, 3.8) is 0 Å². The molecule has 0 heterocycles. The van der Waals surface area contributed by atoms with Crippen molar-refractivity contribution in [1.82, 2.24) is 5.32 Å². The number of rotatable bonds is 4. The smallest absolute Gasteiger partial charge is 0.00204 e. The number of benzene rings is 1. The van der Waals surface area contributed by atoms with Gasteiger partial charge in [0.2, 0.25) is 0 Å². The second kappa shape index (κ2) is 5.05. The maximum absolute atomic E-state index is 3.74. The fourth-order valence-electron chi connectivity index (χ4n) is 3.57. The van der Waals surface area contributed by atoms with Gasteiger partial charge in [0.05, 0.1) is 0 Å². The fourth-order valence-corrected chi connectivity index (χ4v) is 3.57. The van der Waals surface area contributed by atoms with Crippen molar-refractivity contribution in [3.8, 4) is 0 Å². The zero-order valence-electron chi connectivity index (χ0n) is 11.5. The van der Waals surface area contributed by atoms with E-state index in [2.05, 4.69) is 36.5 Å². The molecular formula is C17H25N. The van der Waals surface area contributed by atoms with Crippen LogP contribution in [0.3, 0.4) is 0 Å². The molecule has 1 N–H and O–H groups in total. The Balaban J connectivity index is 1.57. The van der Waals surface area contributed by atoms with Crippen LogP contribution in [-0.4, -0.2) is 13.1 Å². The van der Waals surface area contributed by atoms with Crippen LogP contribution in [0.2, 0.25) is 0 Å². The number of nitrogens with one attached hydrogen (secondary N) is 1. The van der Waals surface area contributed by atoms with Gasteiger partial charge in [-0.2, -0.15) is 0 Å². The summed E-state index contributed by atoms with van der Waals surface area (Å²) in [4.78, 5) is 0. The van der Waals surface area contributed by atoms with Gasteiger partial charge in [0.15, 0.2) is 0 Å². The second-order valence-electron chi connectivity index (χ2n) is 6.58. The van der Waals surface area contributed by atoms with Crippen molar-refractivity contribution in [2.45, 2.75) is 51.4 Å². The van der Waals surface area contributed by atoms with Gasteiger partial charge >= 0.3 is 0 Å². The van der Waals surface area contributed by atoms with E-state index in [1.807, 2.05) is 0 Å². The Kier molecular flexibility index (Phi) is 3.43.